The van der Waals surface area contributed by atoms with Crippen LogP contribution in [0.5, 0.6) is 0 Å². The van der Waals surface area contributed by atoms with Crippen LogP contribution in [0.3, 0.4) is 0 Å². The van der Waals surface area contributed by atoms with Crippen molar-refractivity contribution in [3.63, 3.8) is 0 Å². The molecule has 7 nitrogen and oxygen atoms in total. The zero-order valence-corrected chi connectivity index (χ0v) is 24.1. The van der Waals surface area contributed by atoms with Crippen molar-refractivity contribution in [3.8, 4) is 0 Å². The van der Waals surface area contributed by atoms with Crippen molar-refractivity contribution < 1.29 is 13.2 Å². The van der Waals surface area contributed by atoms with Crippen LogP contribution in [0.1, 0.15) is 34.8 Å². The Morgan fingerprint density at radius 2 is 1.63 bits per heavy atom. The highest BCUT2D eigenvalue weighted by Gasteiger charge is 2.26. The van der Waals surface area contributed by atoms with E-state index < -0.39 is 10.0 Å². The van der Waals surface area contributed by atoms with E-state index in [-0.39, 0.29) is 10.8 Å². The average molecular weight is 551 g/mol. The Hall–Kier alpha value is -3.27. The first-order chi connectivity index (χ1) is 18.1. The molecule has 4 rings (SSSR count). The van der Waals surface area contributed by atoms with Crippen LogP contribution in [0.25, 0.3) is 10.2 Å². The second-order valence-corrected chi connectivity index (χ2v) is 12.4. The van der Waals surface area contributed by atoms with E-state index in [0.29, 0.717) is 29.5 Å². The van der Waals surface area contributed by atoms with Gasteiger partial charge in [-0.25, -0.2) is 13.4 Å². The van der Waals surface area contributed by atoms with Gasteiger partial charge >= 0.3 is 0 Å². The molecular weight excluding hydrogens is 516 g/mol. The number of fused-ring (bicyclic) bond motifs is 1. The molecule has 0 aliphatic rings. The highest BCUT2D eigenvalue weighted by molar-refractivity contribution is 7.92. The Bertz CT molecular complexity index is 1510. The second kappa shape index (κ2) is 11.6. The summed E-state index contributed by atoms with van der Waals surface area (Å²) in [5, 5.41) is 0.649. The highest BCUT2D eigenvalue weighted by Crippen LogP contribution is 2.33. The fourth-order valence-corrected chi connectivity index (χ4v) is 7.08. The minimum atomic E-state index is -3.78. The number of benzene rings is 3. The maximum Gasteiger partial charge on any atom is 0.264 e. The molecule has 4 aromatic rings. The summed E-state index contributed by atoms with van der Waals surface area (Å²) in [7, 11) is 0.232. The summed E-state index contributed by atoms with van der Waals surface area (Å²) in [5.41, 5.74) is 4.16. The summed E-state index contributed by atoms with van der Waals surface area (Å²) >= 11 is 1.51. The Labute approximate surface area is 229 Å². The maximum atomic E-state index is 13.7. The zero-order chi connectivity index (χ0) is 27.4. The lowest BCUT2D eigenvalue weighted by Crippen LogP contribution is -2.33. The molecule has 1 aromatic heterocycles. The molecule has 200 valence electrons. The van der Waals surface area contributed by atoms with Gasteiger partial charge in [0, 0.05) is 18.7 Å². The summed E-state index contributed by atoms with van der Waals surface area (Å²) in [4.78, 5) is 22.5. The van der Waals surface area contributed by atoms with Crippen molar-refractivity contribution in [2.45, 2.75) is 32.1 Å². The van der Waals surface area contributed by atoms with Crippen LogP contribution < -0.4 is 9.21 Å². The smallest absolute Gasteiger partial charge is 0.264 e. The molecule has 0 spiro atoms. The van der Waals surface area contributed by atoms with Crippen molar-refractivity contribution in [3.05, 3.63) is 83.4 Å². The van der Waals surface area contributed by atoms with Gasteiger partial charge in [0.05, 0.1) is 20.8 Å². The Balaban J connectivity index is 1.65. The Morgan fingerprint density at radius 3 is 2.26 bits per heavy atom. The van der Waals surface area contributed by atoms with Gasteiger partial charge in [0.1, 0.15) is 0 Å². The number of hydrogen-bond donors (Lipinski definition) is 0. The predicted octanol–water partition coefficient (Wildman–Crippen LogP) is 5.73. The van der Waals surface area contributed by atoms with Gasteiger partial charge in [-0.05, 0) is 101 Å². The Morgan fingerprint density at radius 1 is 0.947 bits per heavy atom. The van der Waals surface area contributed by atoms with Crippen molar-refractivity contribution in [2.75, 3.05) is 42.9 Å². The fraction of sp³-hybridized carbons (Fsp3) is 0.310. The molecule has 0 unspecified atom stereocenters. The fourth-order valence-electron chi connectivity index (χ4n) is 4.44. The summed E-state index contributed by atoms with van der Waals surface area (Å²) in [6.45, 7) is 7.52. The minimum absolute atomic E-state index is 0.144. The Kier molecular flexibility index (Phi) is 8.50. The molecule has 0 saturated heterocycles. The van der Waals surface area contributed by atoms with Gasteiger partial charge in [-0.2, -0.15) is 0 Å². The summed E-state index contributed by atoms with van der Waals surface area (Å²) in [6, 6.07) is 19.4. The molecule has 0 saturated carbocycles. The van der Waals surface area contributed by atoms with Gasteiger partial charge < -0.3 is 4.90 Å². The number of para-hydroxylation sites is 1. The molecule has 0 atom stereocenters. The second-order valence-electron chi connectivity index (χ2n) is 9.57. The number of hydrogen-bond acceptors (Lipinski definition) is 6. The number of rotatable bonds is 10. The van der Waals surface area contributed by atoms with Gasteiger partial charge in [-0.1, -0.05) is 35.6 Å². The van der Waals surface area contributed by atoms with Crippen LogP contribution in [0.2, 0.25) is 0 Å². The monoisotopic (exact) mass is 550 g/mol. The molecule has 9 heteroatoms. The number of thiazole rings is 1. The molecule has 0 N–H and O–H groups in total. The summed E-state index contributed by atoms with van der Waals surface area (Å²) in [5.74, 6) is -0.198. The molecule has 0 aliphatic carbocycles. The number of aromatic nitrogens is 1. The standard InChI is InChI=1S/C29H34N4O3S2/c1-6-33(24-11-8-7-9-12-24)38(35,36)25-15-13-23(14-16-25)28(34)32(18-10-17-31(4)5)29-30-27-22(3)19-21(2)20-26(27)37-29/h7-9,11-16,19-20H,6,10,17-18H2,1-5H3. The van der Waals surface area contributed by atoms with Gasteiger partial charge in [0.25, 0.3) is 15.9 Å². The normalized spacial score (nSPS) is 11.7. The number of nitrogens with zero attached hydrogens (tertiary/aromatic N) is 4. The van der Waals surface area contributed by atoms with E-state index in [1.807, 2.05) is 39.2 Å². The van der Waals surface area contributed by atoms with Crippen LogP contribution in [0.4, 0.5) is 10.8 Å². The quantitative estimate of drug-likeness (QED) is 0.252. The maximum absolute atomic E-state index is 13.7. The molecule has 1 amide bonds. The molecule has 0 radical (unpaired) electrons. The lowest BCUT2D eigenvalue weighted by atomic mass is 10.1. The van der Waals surface area contributed by atoms with E-state index in [2.05, 4.69) is 24.0 Å². The lowest BCUT2D eigenvalue weighted by Gasteiger charge is -2.23. The lowest BCUT2D eigenvalue weighted by molar-refractivity contribution is 0.0986. The van der Waals surface area contributed by atoms with Gasteiger partial charge in [-0.3, -0.25) is 14.0 Å². The zero-order valence-electron chi connectivity index (χ0n) is 22.5. The molecule has 0 bridgehead atoms. The number of carbonyl (C=O) groups excluding carboxylic acids is 1. The van der Waals surface area contributed by atoms with Gasteiger partial charge in [-0.15, -0.1) is 0 Å². The van der Waals surface area contributed by atoms with Crippen molar-refractivity contribution >= 4 is 48.3 Å². The van der Waals surface area contributed by atoms with Gasteiger partial charge in [0.15, 0.2) is 5.13 Å². The van der Waals surface area contributed by atoms with Gasteiger partial charge in [0.2, 0.25) is 0 Å². The minimum Gasteiger partial charge on any atom is -0.309 e. The van der Waals surface area contributed by atoms with E-state index in [9.17, 15) is 13.2 Å². The van der Waals surface area contributed by atoms with Crippen LogP contribution in [-0.4, -0.2) is 57.9 Å². The van der Waals surface area contributed by atoms with E-state index in [4.69, 9.17) is 4.98 Å². The third-order valence-corrected chi connectivity index (χ3v) is 9.24. The van der Waals surface area contributed by atoms with Crippen LogP contribution in [-0.2, 0) is 10.0 Å². The van der Waals surface area contributed by atoms with Crippen molar-refractivity contribution in [1.29, 1.82) is 0 Å². The molecule has 0 fully saturated rings. The molecule has 0 aliphatic heterocycles. The van der Waals surface area contributed by atoms with Crippen molar-refractivity contribution in [2.24, 2.45) is 0 Å². The van der Waals surface area contributed by atoms with Crippen LogP contribution in [0, 0.1) is 13.8 Å². The van der Waals surface area contributed by atoms with E-state index in [1.54, 1.807) is 36.1 Å². The first kappa shape index (κ1) is 27.8. The third kappa shape index (κ3) is 5.90. The number of aryl methyl sites for hydroxylation is 2. The third-order valence-electron chi connectivity index (χ3n) is 6.30. The van der Waals surface area contributed by atoms with Crippen LogP contribution >= 0.6 is 11.3 Å². The molecule has 1 heterocycles. The molecular formula is C29H34N4O3S2. The molecule has 38 heavy (non-hydrogen) atoms. The number of carbonyl (C=O) groups is 1. The molecule has 3 aromatic carbocycles. The van der Waals surface area contributed by atoms with E-state index in [1.165, 1.54) is 27.8 Å². The summed E-state index contributed by atoms with van der Waals surface area (Å²) in [6.07, 6.45) is 0.779. The SMILES string of the molecule is CCN(c1ccccc1)S(=O)(=O)c1ccc(C(=O)N(CCCN(C)C)c2nc3c(C)cc(C)cc3s2)cc1. The van der Waals surface area contributed by atoms with Crippen LogP contribution in [0.15, 0.2) is 71.6 Å². The highest BCUT2D eigenvalue weighted by atomic mass is 32.2. The van der Waals surface area contributed by atoms with Crippen molar-refractivity contribution in [1.82, 2.24) is 9.88 Å². The predicted molar refractivity (Wildman–Crippen MR) is 157 cm³/mol. The number of amides is 1. The summed E-state index contributed by atoms with van der Waals surface area (Å²) < 4.78 is 29.2. The van der Waals surface area contributed by atoms with E-state index >= 15 is 0 Å². The first-order valence-corrected chi connectivity index (χ1v) is 14.9. The number of anilines is 2. The largest absolute Gasteiger partial charge is 0.309 e. The topological polar surface area (TPSA) is 73.8 Å². The number of sulfonamides is 1. The van der Waals surface area contributed by atoms with E-state index in [0.717, 1.165) is 34.3 Å². The first-order valence-electron chi connectivity index (χ1n) is 12.6. The average Bonchev–Trinajstić information content (AvgIpc) is 3.31.